The van der Waals surface area contributed by atoms with Gasteiger partial charge in [0, 0.05) is 57.0 Å². The third-order valence-corrected chi connectivity index (χ3v) is 10.9. The van der Waals surface area contributed by atoms with E-state index in [1.165, 1.54) is 0 Å². The molecule has 0 N–H and O–H groups in total. The molecule has 9 heteroatoms. The number of methoxy groups -OCH3 is 1. The van der Waals surface area contributed by atoms with Gasteiger partial charge >= 0.3 is 6.71 Å². The van der Waals surface area contributed by atoms with Gasteiger partial charge in [-0.1, -0.05) is 63.9 Å². The predicted octanol–water partition coefficient (Wildman–Crippen LogP) is 11.7. The summed E-state index contributed by atoms with van der Waals surface area (Å²) in [6.45, 7) is 6.09. The van der Waals surface area contributed by atoms with Crippen molar-refractivity contribution in [2.24, 2.45) is 0 Å². The topological polar surface area (TPSA) is 57.2 Å². The van der Waals surface area contributed by atoms with Gasteiger partial charge in [-0.3, -0.25) is 0 Å². The summed E-state index contributed by atoms with van der Waals surface area (Å²) in [6.07, 6.45) is 1.20. The molecule has 0 radical (unpaired) electrons. The molecule has 58 heavy (non-hydrogen) atoms. The number of benzene rings is 6. The lowest BCUT2D eigenvalue weighted by molar-refractivity contribution is 0.284. The van der Waals surface area contributed by atoms with Crippen molar-refractivity contribution in [1.29, 1.82) is 0 Å². The van der Waals surface area contributed by atoms with Crippen LogP contribution in [0.25, 0.3) is 33.1 Å². The number of hydrogen-bond acceptors (Lipinski definition) is 6. The summed E-state index contributed by atoms with van der Waals surface area (Å²) in [7, 11) is 1.11. The van der Waals surface area contributed by atoms with Gasteiger partial charge in [0.05, 0.1) is 44.1 Å². The largest absolute Gasteiger partial charge is 0.497 e. The molecule has 0 saturated heterocycles. The Morgan fingerprint density at radius 3 is 2.19 bits per heavy atom. The molecule has 0 saturated carbocycles. The molecule has 1 aliphatic carbocycles. The van der Waals surface area contributed by atoms with Gasteiger partial charge in [0.2, 0.25) is 0 Å². The van der Waals surface area contributed by atoms with Gasteiger partial charge in [-0.15, -0.1) is 0 Å². The van der Waals surface area contributed by atoms with Gasteiger partial charge in [-0.25, -0.2) is 8.78 Å². The molecule has 0 unspecified atom stereocenters. The Labute approximate surface area is 361 Å². The molecule has 6 nitrogen and oxygen atoms in total. The Bertz CT molecular complexity index is 4020. The van der Waals surface area contributed by atoms with Crippen molar-refractivity contribution in [3.05, 3.63) is 138 Å². The Kier molecular flexibility index (Phi) is 4.29. The molecule has 4 heterocycles. The van der Waals surface area contributed by atoms with E-state index in [0.29, 0.717) is 24.2 Å². The fraction of sp³-hybridized carbons (Fsp3) is 0.184. The summed E-state index contributed by atoms with van der Waals surface area (Å²) in [5.41, 5.74) is -6.13. The molecular weight excluding hydrogens is 731 g/mol. The first-order valence-corrected chi connectivity index (χ1v) is 18.1. The second-order valence-electron chi connectivity index (χ2n) is 15.4. The number of anilines is 3. The van der Waals surface area contributed by atoms with Crippen LogP contribution in [0.5, 0.6) is 28.7 Å². The van der Waals surface area contributed by atoms with Crippen LogP contribution in [0.15, 0.2) is 124 Å². The monoisotopic (exact) mass is 788 g/mol. The van der Waals surface area contributed by atoms with Crippen LogP contribution >= 0.6 is 0 Å². The third-order valence-electron chi connectivity index (χ3n) is 10.9. The Morgan fingerprint density at radius 2 is 1.43 bits per heavy atom. The number of rotatable bonds is 5. The highest BCUT2D eigenvalue weighted by atomic mass is 19.1. The summed E-state index contributed by atoms with van der Waals surface area (Å²) in [6, 6.07) is -16.5. The van der Waals surface area contributed by atoms with Gasteiger partial charge in [0.25, 0.3) is 0 Å². The van der Waals surface area contributed by atoms with E-state index >= 15 is 8.78 Å². The van der Waals surface area contributed by atoms with E-state index in [-0.39, 0.29) is 33.6 Å². The molecule has 11 rings (SSSR count). The minimum atomic E-state index is -1.70. The van der Waals surface area contributed by atoms with E-state index in [9.17, 15) is 13.7 Å². The van der Waals surface area contributed by atoms with Crippen molar-refractivity contribution in [3.63, 3.8) is 0 Å². The summed E-state index contributed by atoms with van der Waals surface area (Å²) >= 11 is 0. The van der Waals surface area contributed by atoms with E-state index in [0.717, 1.165) is 12.0 Å². The second kappa shape index (κ2) is 12.3. The number of para-hydroxylation sites is 1. The van der Waals surface area contributed by atoms with Gasteiger partial charge in [-0.05, 0) is 89.7 Å². The van der Waals surface area contributed by atoms with Crippen molar-refractivity contribution in [3.8, 4) is 39.9 Å². The number of furan rings is 2. The van der Waals surface area contributed by atoms with Crippen LogP contribution in [0, 0.1) is 11.6 Å². The van der Waals surface area contributed by atoms with Gasteiger partial charge in [-0.2, -0.15) is 0 Å². The minimum Gasteiger partial charge on any atom is -0.497 e. The van der Waals surface area contributed by atoms with Crippen LogP contribution in [0.2, 0.25) is 0 Å². The Hall–Kier alpha value is -6.48. The average Bonchev–Trinajstić information content (AvgIpc) is 4.17. The highest BCUT2D eigenvalue weighted by Gasteiger charge is 2.48. The molecule has 2 aromatic heterocycles. The number of hydrogen-bond donors (Lipinski definition) is 0. The fourth-order valence-electron chi connectivity index (χ4n) is 8.09. The van der Waals surface area contributed by atoms with Gasteiger partial charge < -0.3 is 27.9 Å². The zero-order valence-electron chi connectivity index (χ0n) is 50.2. The lowest BCUT2D eigenvalue weighted by Crippen LogP contribution is -2.59. The van der Waals surface area contributed by atoms with Crippen molar-refractivity contribution >= 4 is 62.3 Å². The first-order valence-electron chi connectivity index (χ1n) is 27.6. The summed E-state index contributed by atoms with van der Waals surface area (Å²) in [4.78, 5) is 0.989. The van der Waals surface area contributed by atoms with Crippen molar-refractivity contribution in [2.75, 3.05) is 12.0 Å². The Balaban J connectivity index is 1.29. The molecule has 0 fully saturated rings. The van der Waals surface area contributed by atoms with E-state index in [1.807, 2.05) is 27.7 Å². The lowest BCUT2D eigenvalue weighted by atomic mass is 9.36. The smallest absolute Gasteiger partial charge is 0.301 e. The standard InChI is InChI=1S/C49H38BF2NO5/c1-48(2)20-21-49(3,4)46-43(48)33-25-34-37(26-40(33)57-46)53(28-15-17-30(18-16-28)55-29-10-7-6-8-11-29)38-23-31(54-5)24-41-44(38)50(34)47-45(56-41)32-19-14-27(22-39(32)58-47)42-35(51)12-9-13-36(42)52/h6-19,22-26H,20-21H2,1-5H3/i6D,7D,8D,9D,10D,11D,12D,13D,14D,15D,16D,17D,18D,19D,22D,23D,24D,25D,26D. The molecule has 0 atom stereocenters. The summed E-state index contributed by atoms with van der Waals surface area (Å²) in [5.74, 6) is -6.12. The first-order chi connectivity index (χ1) is 36.0. The molecule has 3 aliphatic rings. The number of ether oxygens (including phenoxy) is 3. The molecule has 286 valence electrons. The summed E-state index contributed by atoms with van der Waals surface area (Å²) in [5, 5.41) is -0.308. The van der Waals surface area contributed by atoms with Gasteiger partial charge in [0.15, 0.2) is 5.75 Å². The van der Waals surface area contributed by atoms with Gasteiger partial charge in [0.1, 0.15) is 57.2 Å². The third kappa shape index (κ3) is 5.08. The number of halogens is 2. The molecule has 6 aromatic carbocycles. The summed E-state index contributed by atoms with van der Waals surface area (Å²) < 4.78 is 234. The molecule has 2 aliphatic heterocycles. The lowest BCUT2D eigenvalue weighted by Gasteiger charge is -2.39. The molecular formula is C49H38BF2NO5. The zero-order chi connectivity index (χ0) is 56.2. The van der Waals surface area contributed by atoms with Crippen LogP contribution in [-0.2, 0) is 10.8 Å². The van der Waals surface area contributed by atoms with E-state index in [1.54, 1.807) is 0 Å². The molecule has 0 spiro atoms. The molecule has 0 bridgehead atoms. The van der Waals surface area contributed by atoms with Crippen LogP contribution in [-0.4, -0.2) is 13.8 Å². The van der Waals surface area contributed by atoms with Crippen LogP contribution in [0.1, 0.15) is 77.9 Å². The Morgan fingerprint density at radius 1 is 0.707 bits per heavy atom. The number of fused-ring (bicyclic) bond motifs is 9. The highest BCUT2D eigenvalue weighted by Crippen LogP contribution is 2.52. The van der Waals surface area contributed by atoms with Crippen molar-refractivity contribution < 1.29 is 57.9 Å². The minimum absolute atomic E-state index is 0.141. The quantitative estimate of drug-likeness (QED) is 0.162. The SMILES string of the molecule is [2H]c1c([2H])c([2H])c(Oc2c([2H])c([2H])c(N3c4c([2H])c(OC)c([2H])c5c4B(c4oc6c([2H])c(-c7c(F)c([2H])c([2H])c([2H])c7F)c([2H])c([2H])c6c4O5)c4c3c([2H])c3oc5c(c3c4[2H])C(C)(C)CCC5(C)C)c([2H])c2[2H])c([2H])c1[2H]. The van der Waals surface area contributed by atoms with E-state index in [2.05, 4.69) is 0 Å². The predicted molar refractivity (Wildman–Crippen MR) is 226 cm³/mol. The van der Waals surface area contributed by atoms with Crippen LogP contribution in [0.4, 0.5) is 25.8 Å². The normalized spacial score (nSPS) is 20.3. The maximum atomic E-state index is 16.0. The fourth-order valence-corrected chi connectivity index (χ4v) is 8.09. The average molecular weight is 789 g/mol. The second-order valence-corrected chi connectivity index (χ2v) is 15.4. The van der Waals surface area contributed by atoms with E-state index < -0.39 is 206 Å². The number of nitrogens with zero attached hydrogens (tertiary/aromatic N) is 1. The van der Waals surface area contributed by atoms with Crippen molar-refractivity contribution in [2.45, 2.75) is 51.4 Å². The maximum Gasteiger partial charge on any atom is 0.301 e. The molecule has 8 aromatic rings. The van der Waals surface area contributed by atoms with Crippen molar-refractivity contribution in [1.82, 2.24) is 0 Å². The zero-order valence-corrected chi connectivity index (χ0v) is 31.2. The molecule has 0 amide bonds. The van der Waals surface area contributed by atoms with Crippen LogP contribution < -0.4 is 35.7 Å². The van der Waals surface area contributed by atoms with E-state index in [4.69, 9.17) is 35.4 Å². The maximum absolute atomic E-state index is 16.0. The highest BCUT2D eigenvalue weighted by molar-refractivity contribution is 6.99. The van der Waals surface area contributed by atoms with Crippen LogP contribution in [0.3, 0.4) is 0 Å². The first kappa shape index (κ1) is 20.3.